The fourth-order valence-corrected chi connectivity index (χ4v) is 2.40. The first-order valence-corrected chi connectivity index (χ1v) is 7.24. The highest BCUT2D eigenvalue weighted by Crippen LogP contribution is 2.33. The Morgan fingerprint density at radius 1 is 1.33 bits per heavy atom. The predicted octanol–water partition coefficient (Wildman–Crippen LogP) is 4.58. The zero-order valence-electron chi connectivity index (χ0n) is 10.4. The van der Waals surface area contributed by atoms with Crippen molar-refractivity contribution in [3.05, 3.63) is 34.8 Å². The summed E-state index contributed by atoms with van der Waals surface area (Å²) in [5.41, 5.74) is 1.20. The van der Waals surface area contributed by atoms with Gasteiger partial charge in [-0.25, -0.2) is 0 Å². The lowest BCUT2D eigenvalue weighted by molar-refractivity contribution is 0.461. The van der Waals surface area contributed by atoms with E-state index in [2.05, 4.69) is 30.1 Å². The van der Waals surface area contributed by atoms with Crippen LogP contribution in [-0.4, -0.2) is 10.2 Å². The number of hydrogen-bond donors (Lipinski definition) is 0. The van der Waals surface area contributed by atoms with Gasteiger partial charge in [-0.15, -0.1) is 16.7 Å². The lowest BCUT2D eigenvalue weighted by Gasteiger charge is -2.13. The molecule has 1 unspecified atom stereocenters. The smallest absolute Gasteiger partial charge is 0.299 e. The maximum Gasteiger partial charge on any atom is 0.299 e. The van der Waals surface area contributed by atoms with E-state index in [0.29, 0.717) is 17.0 Å². The summed E-state index contributed by atoms with van der Waals surface area (Å²) in [6.45, 7) is 4.35. The summed E-state index contributed by atoms with van der Waals surface area (Å²) < 4.78 is 5.80. The number of hydrogen-bond acceptors (Lipinski definition) is 4. The summed E-state index contributed by atoms with van der Waals surface area (Å²) in [7, 11) is 0. The number of benzene rings is 1. The number of halogens is 1. The van der Waals surface area contributed by atoms with Crippen LogP contribution in [0.2, 0.25) is 0 Å². The molecule has 1 aromatic carbocycles. The standard InChI is InChI=1S/C13H15ClN2OS/c1-3-9(2)10-6-4-5-7-11(10)17-13-16-15-12(8-14)18-13/h4-7,9H,3,8H2,1-2H3. The number of nitrogens with zero attached hydrogens (tertiary/aromatic N) is 2. The molecule has 2 rings (SSSR count). The average molecular weight is 283 g/mol. The van der Waals surface area contributed by atoms with Gasteiger partial charge in [0, 0.05) is 0 Å². The van der Waals surface area contributed by atoms with Gasteiger partial charge >= 0.3 is 0 Å². The maximum atomic E-state index is 5.80. The molecule has 5 heteroatoms. The van der Waals surface area contributed by atoms with Crippen molar-refractivity contribution in [2.45, 2.75) is 32.1 Å². The Balaban J connectivity index is 2.23. The quantitative estimate of drug-likeness (QED) is 0.753. The van der Waals surface area contributed by atoms with Crippen molar-refractivity contribution in [2.24, 2.45) is 0 Å². The lowest BCUT2D eigenvalue weighted by atomic mass is 9.98. The zero-order valence-corrected chi connectivity index (χ0v) is 12.0. The van der Waals surface area contributed by atoms with Gasteiger partial charge in [-0.05, 0) is 24.0 Å². The molecule has 1 aromatic heterocycles. The molecule has 0 saturated carbocycles. The highest BCUT2D eigenvalue weighted by Gasteiger charge is 2.12. The minimum absolute atomic E-state index is 0.369. The predicted molar refractivity (Wildman–Crippen MR) is 74.7 cm³/mol. The van der Waals surface area contributed by atoms with Crippen molar-refractivity contribution in [3.8, 4) is 10.9 Å². The molecule has 0 aliphatic heterocycles. The highest BCUT2D eigenvalue weighted by atomic mass is 35.5. The van der Waals surface area contributed by atoms with Gasteiger partial charge in [0.1, 0.15) is 10.8 Å². The molecule has 18 heavy (non-hydrogen) atoms. The molecule has 0 bridgehead atoms. The molecular weight excluding hydrogens is 268 g/mol. The van der Waals surface area contributed by atoms with E-state index >= 15 is 0 Å². The zero-order chi connectivity index (χ0) is 13.0. The number of alkyl halides is 1. The van der Waals surface area contributed by atoms with Crippen LogP contribution in [0.1, 0.15) is 36.8 Å². The molecule has 1 atom stereocenters. The van der Waals surface area contributed by atoms with E-state index < -0.39 is 0 Å². The Kier molecular flexibility index (Phi) is 4.55. The fourth-order valence-electron chi connectivity index (χ4n) is 1.63. The summed E-state index contributed by atoms with van der Waals surface area (Å²) in [5, 5.41) is 9.22. The van der Waals surface area contributed by atoms with Crippen molar-refractivity contribution < 1.29 is 4.74 Å². The van der Waals surface area contributed by atoms with Crippen LogP contribution in [0.25, 0.3) is 0 Å². The molecule has 0 fully saturated rings. The largest absolute Gasteiger partial charge is 0.429 e. The van der Waals surface area contributed by atoms with Gasteiger partial charge in [-0.1, -0.05) is 48.5 Å². The van der Waals surface area contributed by atoms with Gasteiger partial charge in [0.05, 0.1) is 5.88 Å². The van der Waals surface area contributed by atoms with Gasteiger partial charge < -0.3 is 4.74 Å². The first kappa shape index (κ1) is 13.3. The van der Waals surface area contributed by atoms with E-state index in [-0.39, 0.29) is 0 Å². The minimum Gasteiger partial charge on any atom is -0.429 e. The van der Waals surface area contributed by atoms with Crippen LogP contribution in [0, 0.1) is 0 Å². The molecule has 0 amide bonds. The van der Waals surface area contributed by atoms with E-state index in [1.165, 1.54) is 16.9 Å². The molecule has 0 N–H and O–H groups in total. The van der Waals surface area contributed by atoms with Gasteiger partial charge in [0.15, 0.2) is 0 Å². The third-order valence-electron chi connectivity index (χ3n) is 2.82. The van der Waals surface area contributed by atoms with E-state index in [4.69, 9.17) is 16.3 Å². The second kappa shape index (κ2) is 6.16. The Labute approximate surface area is 116 Å². The third kappa shape index (κ3) is 3.00. The van der Waals surface area contributed by atoms with Crippen LogP contribution in [-0.2, 0) is 5.88 Å². The van der Waals surface area contributed by atoms with E-state index in [0.717, 1.165) is 17.2 Å². The lowest BCUT2D eigenvalue weighted by Crippen LogP contribution is -1.95. The molecule has 0 aliphatic carbocycles. The van der Waals surface area contributed by atoms with Crippen molar-refractivity contribution in [1.29, 1.82) is 0 Å². The molecule has 1 heterocycles. The van der Waals surface area contributed by atoms with Crippen molar-refractivity contribution in [1.82, 2.24) is 10.2 Å². The van der Waals surface area contributed by atoms with Crippen molar-refractivity contribution in [3.63, 3.8) is 0 Å². The molecule has 0 saturated heterocycles. The number of para-hydroxylation sites is 1. The Hall–Kier alpha value is -1.13. The Morgan fingerprint density at radius 3 is 2.78 bits per heavy atom. The van der Waals surface area contributed by atoms with E-state index in [1.54, 1.807) is 0 Å². The first-order chi connectivity index (χ1) is 8.74. The summed E-state index contributed by atoms with van der Waals surface area (Å²) in [4.78, 5) is 0. The molecule has 3 nitrogen and oxygen atoms in total. The second-order valence-corrected chi connectivity index (χ2v) is 5.34. The molecule has 96 valence electrons. The SMILES string of the molecule is CCC(C)c1ccccc1Oc1nnc(CCl)s1. The van der Waals surface area contributed by atoms with Gasteiger partial charge in [-0.2, -0.15) is 0 Å². The van der Waals surface area contributed by atoms with Crippen LogP contribution in [0.4, 0.5) is 0 Å². The minimum atomic E-state index is 0.369. The fraction of sp³-hybridized carbons (Fsp3) is 0.385. The van der Waals surface area contributed by atoms with E-state index in [1.807, 2.05) is 18.2 Å². The average Bonchev–Trinajstić information content (AvgIpc) is 2.86. The van der Waals surface area contributed by atoms with Crippen LogP contribution in [0.3, 0.4) is 0 Å². The molecule has 2 aromatic rings. The van der Waals surface area contributed by atoms with Crippen LogP contribution >= 0.6 is 22.9 Å². The summed E-state index contributed by atoms with van der Waals surface area (Å²) in [5.74, 6) is 1.68. The van der Waals surface area contributed by atoms with Crippen LogP contribution < -0.4 is 4.74 Å². The van der Waals surface area contributed by atoms with Gasteiger partial charge in [0.25, 0.3) is 5.19 Å². The highest BCUT2D eigenvalue weighted by molar-refractivity contribution is 7.13. The number of aromatic nitrogens is 2. The monoisotopic (exact) mass is 282 g/mol. The summed E-state index contributed by atoms with van der Waals surface area (Å²) in [6.07, 6.45) is 1.07. The van der Waals surface area contributed by atoms with Gasteiger partial charge in [-0.3, -0.25) is 0 Å². The molecule has 0 radical (unpaired) electrons. The topological polar surface area (TPSA) is 35.0 Å². The van der Waals surface area contributed by atoms with Crippen LogP contribution in [0.15, 0.2) is 24.3 Å². The first-order valence-electron chi connectivity index (χ1n) is 5.89. The second-order valence-electron chi connectivity index (χ2n) is 4.04. The van der Waals surface area contributed by atoms with E-state index in [9.17, 15) is 0 Å². The van der Waals surface area contributed by atoms with Crippen LogP contribution in [0.5, 0.6) is 10.9 Å². The summed E-state index contributed by atoms with van der Waals surface area (Å²) in [6, 6.07) is 8.04. The van der Waals surface area contributed by atoms with Crippen molar-refractivity contribution >= 4 is 22.9 Å². The van der Waals surface area contributed by atoms with Crippen molar-refractivity contribution in [2.75, 3.05) is 0 Å². The molecule has 0 spiro atoms. The number of rotatable bonds is 5. The third-order valence-corrected chi connectivity index (χ3v) is 4.04. The van der Waals surface area contributed by atoms with Gasteiger partial charge in [0.2, 0.25) is 0 Å². The maximum absolute atomic E-state index is 5.80. The Bertz CT molecular complexity index is 515. The summed E-state index contributed by atoms with van der Waals surface area (Å²) >= 11 is 7.08. The Morgan fingerprint density at radius 2 is 2.11 bits per heavy atom. The molecular formula is C13H15ClN2OS. The molecule has 0 aliphatic rings. The number of ether oxygens (including phenoxy) is 1. The normalized spacial score (nSPS) is 12.4.